The Morgan fingerprint density at radius 1 is 1.45 bits per heavy atom. The zero-order chi connectivity index (χ0) is 14.1. The van der Waals surface area contributed by atoms with E-state index in [9.17, 15) is 4.79 Å². The number of hydrogen-bond donors (Lipinski definition) is 1. The minimum atomic E-state index is -0.766. The third kappa shape index (κ3) is 2.13. The van der Waals surface area contributed by atoms with E-state index in [2.05, 4.69) is 10.1 Å². The van der Waals surface area contributed by atoms with E-state index in [1.54, 1.807) is 11.8 Å². The Balaban J connectivity index is 1.96. The molecule has 2 heterocycles. The molecule has 6 heteroatoms. The fourth-order valence-corrected chi connectivity index (χ4v) is 2.46. The van der Waals surface area contributed by atoms with Crippen molar-refractivity contribution >= 4 is 5.97 Å². The van der Waals surface area contributed by atoms with Crippen LogP contribution in [0.4, 0.5) is 0 Å². The molecule has 20 heavy (non-hydrogen) atoms. The second kappa shape index (κ2) is 4.96. The van der Waals surface area contributed by atoms with Crippen molar-refractivity contribution in [2.45, 2.75) is 19.4 Å². The van der Waals surface area contributed by atoms with Crippen molar-refractivity contribution < 1.29 is 14.6 Å². The van der Waals surface area contributed by atoms with E-state index < -0.39 is 5.97 Å². The quantitative estimate of drug-likeness (QED) is 0.919. The van der Waals surface area contributed by atoms with E-state index in [-0.39, 0.29) is 5.92 Å². The SMILES string of the molecule is COc1ccccc1-c1nc2n(n1)CCC(C(=O)O)C2. The Morgan fingerprint density at radius 2 is 2.25 bits per heavy atom. The van der Waals surface area contributed by atoms with E-state index in [1.165, 1.54) is 0 Å². The van der Waals surface area contributed by atoms with E-state index in [4.69, 9.17) is 9.84 Å². The fourth-order valence-electron chi connectivity index (χ4n) is 2.46. The highest BCUT2D eigenvalue weighted by atomic mass is 16.5. The van der Waals surface area contributed by atoms with Crippen LogP contribution >= 0.6 is 0 Å². The van der Waals surface area contributed by atoms with Gasteiger partial charge in [-0.2, -0.15) is 5.10 Å². The van der Waals surface area contributed by atoms with Gasteiger partial charge < -0.3 is 9.84 Å². The van der Waals surface area contributed by atoms with Crippen LogP contribution in [0.2, 0.25) is 0 Å². The van der Waals surface area contributed by atoms with Crippen LogP contribution in [0.15, 0.2) is 24.3 Å². The van der Waals surface area contributed by atoms with Gasteiger partial charge in [-0.3, -0.25) is 4.79 Å². The molecule has 0 spiro atoms. The number of aliphatic carboxylic acids is 1. The number of hydrogen-bond acceptors (Lipinski definition) is 4. The highest BCUT2D eigenvalue weighted by Gasteiger charge is 2.27. The molecular weight excluding hydrogens is 258 g/mol. The second-order valence-corrected chi connectivity index (χ2v) is 4.80. The number of carbonyl (C=O) groups is 1. The van der Waals surface area contributed by atoms with E-state index in [1.807, 2.05) is 24.3 Å². The van der Waals surface area contributed by atoms with Gasteiger partial charge in [0.25, 0.3) is 0 Å². The van der Waals surface area contributed by atoms with Crippen LogP contribution in [0.1, 0.15) is 12.2 Å². The maximum atomic E-state index is 11.1. The van der Waals surface area contributed by atoms with Crippen molar-refractivity contribution in [3.8, 4) is 17.1 Å². The first-order chi connectivity index (χ1) is 9.69. The molecule has 3 rings (SSSR count). The predicted molar refractivity (Wildman–Crippen MR) is 71.5 cm³/mol. The number of carboxylic acids is 1. The number of para-hydroxylation sites is 1. The number of rotatable bonds is 3. The maximum absolute atomic E-state index is 11.1. The van der Waals surface area contributed by atoms with Gasteiger partial charge in [0.1, 0.15) is 11.6 Å². The largest absolute Gasteiger partial charge is 0.496 e. The number of aromatic nitrogens is 3. The van der Waals surface area contributed by atoms with Crippen molar-refractivity contribution in [1.82, 2.24) is 14.8 Å². The molecule has 1 aromatic heterocycles. The van der Waals surface area contributed by atoms with Gasteiger partial charge in [-0.25, -0.2) is 9.67 Å². The van der Waals surface area contributed by atoms with Gasteiger partial charge in [-0.15, -0.1) is 0 Å². The first-order valence-electron chi connectivity index (χ1n) is 6.49. The molecule has 104 valence electrons. The smallest absolute Gasteiger partial charge is 0.307 e. The van der Waals surface area contributed by atoms with Crippen molar-refractivity contribution in [2.75, 3.05) is 7.11 Å². The van der Waals surface area contributed by atoms with Gasteiger partial charge in [-0.1, -0.05) is 12.1 Å². The number of carboxylic acid groups (broad SMARTS) is 1. The molecule has 0 fully saturated rings. The topological polar surface area (TPSA) is 77.2 Å². The molecule has 1 aliphatic heterocycles. The van der Waals surface area contributed by atoms with Crippen LogP contribution in [0.25, 0.3) is 11.4 Å². The molecule has 1 N–H and O–H groups in total. The summed E-state index contributed by atoms with van der Waals surface area (Å²) in [6.45, 7) is 0.592. The molecule has 1 aromatic carbocycles. The van der Waals surface area contributed by atoms with Crippen molar-refractivity contribution in [3.05, 3.63) is 30.1 Å². The number of nitrogens with zero attached hydrogens (tertiary/aromatic N) is 3. The molecule has 2 aromatic rings. The highest BCUT2D eigenvalue weighted by molar-refractivity contribution is 5.70. The Bertz CT molecular complexity index is 651. The molecule has 0 amide bonds. The number of aryl methyl sites for hydroxylation is 1. The standard InChI is InChI=1S/C14H15N3O3/c1-20-11-5-3-2-4-10(11)13-15-12-8-9(14(18)19)6-7-17(12)16-13/h2-5,9H,6-8H2,1H3,(H,18,19). The number of ether oxygens (including phenoxy) is 1. The van der Waals surface area contributed by atoms with Gasteiger partial charge in [-0.05, 0) is 18.6 Å². The molecule has 1 atom stereocenters. The molecule has 0 aliphatic carbocycles. The molecule has 6 nitrogen and oxygen atoms in total. The summed E-state index contributed by atoms with van der Waals surface area (Å²) in [7, 11) is 1.61. The van der Waals surface area contributed by atoms with Crippen LogP contribution < -0.4 is 4.74 Å². The van der Waals surface area contributed by atoms with Crippen LogP contribution in [0.5, 0.6) is 5.75 Å². The third-order valence-corrected chi connectivity index (χ3v) is 3.56. The lowest BCUT2D eigenvalue weighted by Gasteiger charge is -2.17. The van der Waals surface area contributed by atoms with E-state index in [0.29, 0.717) is 31.0 Å². The van der Waals surface area contributed by atoms with Crippen molar-refractivity contribution in [3.63, 3.8) is 0 Å². The minimum Gasteiger partial charge on any atom is -0.496 e. The van der Waals surface area contributed by atoms with Crippen LogP contribution in [0.3, 0.4) is 0 Å². The summed E-state index contributed by atoms with van der Waals surface area (Å²) in [6, 6.07) is 7.54. The van der Waals surface area contributed by atoms with Gasteiger partial charge in [0.2, 0.25) is 0 Å². The first kappa shape index (κ1) is 12.7. The maximum Gasteiger partial charge on any atom is 0.307 e. The summed E-state index contributed by atoms with van der Waals surface area (Å²) in [5, 5.41) is 13.5. The first-order valence-corrected chi connectivity index (χ1v) is 6.49. The van der Waals surface area contributed by atoms with E-state index in [0.717, 1.165) is 11.4 Å². The van der Waals surface area contributed by atoms with Crippen molar-refractivity contribution in [2.24, 2.45) is 5.92 Å². The van der Waals surface area contributed by atoms with Crippen molar-refractivity contribution in [1.29, 1.82) is 0 Å². The molecule has 1 aliphatic rings. The summed E-state index contributed by atoms with van der Waals surface area (Å²) >= 11 is 0. The van der Waals surface area contributed by atoms with Gasteiger partial charge in [0, 0.05) is 13.0 Å². The summed E-state index contributed by atoms with van der Waals surface area (Å²) < 4.78 is 7.10. The van der Waals surface area contributed by atoms with Gasteiger partial charge >= 0.3 is 5.97 Å². The van der Waals surface area contributed by atoms with Crippen LogP contribution in [-0.4, -0.2) is 33.0 Å². The molecule has 0 radical (unpaired) electrons. The predicted octanol–water partition coefficient (Wildman–Crippen LogP) is 1.60. The summed E-state index contributed by atoms with van der Waals surface area (Å²) in [6.07, 6.45) is 1.02. The zero-order valence-electron chi connectivity index (χ0n) is 11.1. The molecule has 0 saturated heterocycles. The van der Waals surface area contributed by atoms with Gasteiger partial charge in [0.15, 0.2) is 5.82 Å². The number of methoxy groups -OCH3 is 1. The average Bonchev–Trinajstić information content (AvgIpc) is 2.89. The van der Waals surface area contributed by atoms with Crippen LogP contribution in [-0.2, 0) is 17.8 Å². The lowest BCUT2D eigenvalue weighted by Crippen LogP contribution is -2.26. The molecule has 0 bridgehead atoms. The molecule has 1 unspecified atom stereocenters. The lowest BCUT2D eigenvalue weighted by atomic mass is 9.98. The van der Waals surface area contributed by atoms with Gasteiger partial charge in [0.05, 0.1) is 18.6 Å². The lowest BCUT2D eigenvalue weighted by molar-refractivity contribution is -0.142. The summed E-state index contributed by atoms with van der Waals surface area (Å²) in [4.78, 5) is 15.5. The Morgan fingerprint density at radius 3 is 3.00 bits per heavy atom. The Hall–Kier alpha value is -2.37. The normalized spacial score (nSPS) is 17.6. The summed E-state index contributed by atoms with van der Waals surface area (Å²) in [5.74, 6) is 0.897. The average molecular weight is 273 g/mol. The number of benzene rings is 1. The van der Waals surface area contributed by atoms with Crippen LogP contribution in [0, 0.1) is 5.92 Å². The Kier molecular flexibility index (Phi) is 3.14. The highest BCUT2D eigenvalue weighted by Crippen LogP contribution is 2.29. The van der Waals surface area contributed by atoms with E-state index >= 15 is 0 Å². The Labute approximate surface area is 116 Å². The monoisotopic (exact) mass is 273 g/mol. The summed E-state index contributed by atoms with van der Waals surface area (Å²) in [5.41, 5.74) is 0.823. The fraction of sp³-hybridized carbons (Fsp3) is 0.357. The minimum absolute atomic E-state index is 0.364. The number of fused-ring (bicyclic) bond motifs is 1. The second-order valence-electron chi connectivity index (χ2n) is 4.80. The third-order valence-electron chi connectivity index (χ3n) is 3.56. The zero-order valence-corrected chi connectivity index (χ0v) is 11.1. The molecule has 0 saturated carbocycles. The molecular formula is C14H15N3O3.